The van der Waals surface area contributed by atoms with Crippen LogP contribution in [0.2, 0.25) is 15.1 Å². The van der Waals surface area contributed by atoms with Gasteiger partial charge in [-0.2, -0.15) is 0 Å². The van der Waals surface area contributed by atoms with Gasteiger partial charge in [0.1, 0.15) is 0 Å². The monoisotopic (exact) mass is 504 g/mol. The van der Waals surface area contributed by atoms with E-state index in [9.17, 15) is 0 Å². The molecule has 0 unspecified atom stereocenters. The standard InChI is InChI=1S/C13H11Cl2N.C6H5ClIN/c1-8-6-9(14)2-4-11(8)12-5-3-10(16)7-13(12)15;7-5-3-4(9)1-2-6(5)8/h2-7H,16H2,1H3;1-3H,9H2. The van der Waals surface area contributed by atoms with E-state index in [0.29, 0.717) is 16.4 Å². The minimum absolute atomic E-state index is 0.658. The maximum absolute atomic E-state index is 6.16. The van der Waals surface area contributed by atoms with Crippen molar-refractivity contribution in [3.05, 3.63) is 78.8 Å². The molecule has 0 heterocycles. The first-order valence-electron chi connectivity index (χ1n) is 7.30. The average Bonchev–Trinajstić information content (AvgIpc) is 2.53. The molecule has 0 saturated carbocycles. The molecule has 3 aromatic rings. The van der Waals surface area contributed by atoms with Crippen molar-refractivity contribution in [3.8, 4) is 11.1 Å². The summed E-state index contributed by atoms with van der Waals surface area (Å²) in [5, 5.41) is 2.11. The second kappa shape index (κ2) is 8.99. The Morgan fingerprint density at radius 2 is 1.28 bits per heavy atom. The first-order chi connectivity index (χ1) is 11.8. The van der Waals surface area contributed by atoms with Gasteiger partial charge in [-0.05, 0) is 83.1 Å². The molecule has 0 bridgehead atoms. The van der Waals surface area contributed by atoms with Gasteiger partial charge in [-0.3, -0.25) is 0 Å². The second-order valence-corrected chi connectivity index (χ2v) is 7.79. The van der Waals surface area contributed by atoms with Crippen LogP contribution >= 0.6 is 57.4 Å². The number of aryl methyl sites for hydroxylation is 1. The molecule has 25 heavy (non-hydrogen) atoms. The van der Waals surface area contributed by atoms with Crippen LogP contribution < -0.4 is 11.5 Å². The number of nitrogen functional groups attached to an aromatic ring is 2. The van der Waals surface area contributed by atoms with Crippen molar-refractivity contribution in [2.75, 3.05) is 11.5 Å². The maximum atomic E-state index is 6.16. The summed E-state index contributed by atoms with van der Waals surface area (Å²) in [6.45, 7) is 2.01. The maximum Gasteiger partial charge on any atom is 0.0559 e. The Hall–Kier alpha value is -1.14. The largest absolute Gasteiger partial charge is 0.399 e. The van der Waals surface area contributed by atoms with Crippen LogP contribution in [0.4, 0.5) is 11.4 Å². The summed E-state index contributed by atoms with van der Waals surface area (Å²) in [4.78, 5) is 0. The van der Waals surface area contributed by atoms with E-state index in [1.807, 2.05) is 49.4 Å². The number of hydrogen-bond donors (Lipinski definition) is 2. The molecule has 0 aliphatic heterocycles. The quantitative estimate of drug-likeness (QED) is 0.274. The molecule has 4 N–H and O–H groups in total. The van der Waals surface area contributed by atoms with E-state index in [4.69, 9.17) is 46.3 Å². The Kier molecular flexibility index (Phi) is 7.25. The Balaban J connectivity index is 0.000000212. The number of hydrogen-bond acceptors (Lipinski definition) is 2. The van der Waals surface area contributed by atoms with Gasteiger partial charge in [0, 0.05) is 25.5 Å². The van der Waals surface area contributed by atoms with Gasteiger partial charge >= 0.3 is 0 Å². The summed E-state index contributed by atoms with van der Waals surface area (Å²) in [5.74, 6) is 0. The average molecular weight is 506 g/mol. The zero-order valence-corrected chi connectivity index (χ0v) is 17.8. The smallest absolute Gasteiger partial charge is 0.0559 e. The third-order valence-corrected chi connectivity index (χ3v) is 5.54. The van der Waals surface area contributed by atoms with E-state index in [1.54, 1.807) is 12.1 Å². The molecule has 0 fully saturated rings. The highest BCUT2D eigenvalue weighted by molar-refractivity contribution is 14.1. The lowest BCUT2D eigenvalue weighted by Crippen LogP contribution is -1.88. The van der Waals surface area contributed by atoms with Gasteiger partial charge in [0.05, 0.1) is 10.0 Å². The van der Waals surface area contributed by atoms with E-state index in [0.717, 1.165) is 30.3 Å². The molecule has 0 saturated heterocycles. The molecule has 3 rings (SSSR count). The first-order valence-corrected chi connectivity index (χ1v) is 9.51. The zero-order valence-electron chi connectivity index (χ0n) is 13.4. The Morgan fingerprint density at radius 3 is 1.80 bits per heavy atom. The number of halogens is 4. The van der Waals surface area contributed by atoms with Crippen LogP contribution in [0.25, 0.3) is 11.1 Å². The van der Waals surface area contributed by atoms with Gasteiger partial charge in [0.15, 0.2) is 0 Å². The fourth-order valence-electron chi connectivity index (χ4n) is 2.19. The topological polar surface area (TPSA) is 52.0 Å². The summed E-state index contributed by atoms with van der Waals surface area (Å²) in [6.07, 6.45) is 0. The van der Waals surface area contributed by atoms with Gasteiger partial charge < -0.3 is 11.5 Å². The molecule has 0 aliphatic carbocycles. The van der Waals surface area contributed by atoms with Gasteiger partial charge in [-0.15, -0.1) is 0 Å². The molecule has 0 amide bonds. The first kappa shape index (κ1) is 20.2. The van der Waals surface area contributed by atoms with Crippen LogP contribution in [0, 0.1) is 10.5 Å². The lowest BCUT2D eigenvalue weighted by atomic mass is 10.0. The molecule has 0 atom stereocenters. The molecule has 6 heteroatoms. The van der Waals surface area contributed by atoms with Crippen LogP contribution in [-0.4, -0.2) is 0 Å². The minimum Gasteiger partial charge on any atom is -0.399 e. The molecular formula is C19H16Cl3IN2. The molecular weight excluding hydrogens is 489 g/mol. The van der Waals surface area contributed by atoms with Crippen LogP contribution in [0.5, 0.6) is 0 Å². The van der Waals surface area contributed by atoms with Crippen molar-refractivity contribution in [3.63, 3.8) is 0 Å². The van der Waals surface area contributed by atoms with E-state index < -0.39 is 0 Å². The van der Waals surface area contributed by atoms with Gasteiger partial charge in [-0.1, -0.05) is 46.9 Å². The van der Waals surface area contributed by atoms with Crippen molar-refractivity contribution in [1.82, 2.24) is 0 Å². The van der Waals surface area contributed by atoms with Crippen molar-refractivity contribution < 1.29 is 0 Å². The van der Waals surface area contributed by atoms with Crippen molar-refractivity contribution in [1.29, 1.82) is 0 Å². The van der Waals surface area contributed by atoms with Crippen molar-refractivity contribution in [2.45, 2.75) is 6.92 Å². The fraction of sp³-hybridized carbons (Fsp3) is 0.0526. The SMILES string of the molecule is Cc1cc(Cl)ccc1-c1ccc(N)cc1Cl.Nc1ccc(I)c(Cl)c1. The normalized spacial score (nSPS) is 10.1. The molecule has 130 valence electrons. The van der Waals surface area contributed by atoms with E-state index >= 15 is 0 Å². The zero-order chi connectivity index (χ0) is 18.6. The van der Waals surface area contributed by atoms with Crippen molar-refractivity contribution >= 4 is 68.8 Å². The highest BCUT2D eigenvalue weighted by Gasteiger charge is 2.06. The molecule has 0 spiro atoms. The lowest BCUT2D eigenvalue weighted by molar-refractivity contribution is 1.46. The van der Waals surface area contributed by atoms with Crippen LogP contribution in [0.1, 0.15) is 5.56 Å². The van der Waals surface area contributed by atoms with Gasteiger partial charge in [0.25, 0.3) is 0 Å². The molecule has 0 radical (unpaired) electrons. The van der Waals surface area contributed by atoms with Crippen LogP contribution in [0.3, 0.4) is 0 Å². The summed E-state index contributed by atoms with van der Waals surface area (Å²) in [5.41, 5.74) is 15.6. The van der Waals surface area contributed by atoms with E-state index in [-0.39, 0.29) is 0 Å². The van der Waals surface area contributed by atoms with Gasteiger partial charge in [0.2, 0.25) is 0 Å². The molecule has 2 nitrogen and oxygen atoms in total. The fourth-order valence-corrected chi connectivity index (χ4v) is 3.23. The van der Waals surface area contributed by atoms with Gasteiger partial charge in [-0.25, -0.2) is 0 Å². The molecule has 0 aliphatic rings. The Bertz CT molecular complexity index is 848. The van der Waals surface area contributed by atoms with E-state index in [2.05, 4.69) is 22.6 Å². The second-order valence-electron chi connectivity index (χ2n) is 5.37. The summed E-state index contributed by atoms with van der Waals surface area (Å²) >= 11 is 20.0. The number of benzene rings is 3. The molecule has 0 aromatic heterocycles. The highest BCUT2D eigenvalue weighted by Crippen LogP contribution is 2.32. The summed E-state index contributed by atoms with van der Waals surface area (Å²) < 4.78 is 1.03. The summed E-state index contributed by atoms with van der Waals surface area (Å²) in [7, 11) is 0. The van der Waals surface area contributed by atoms with Crippen molar-refractivity contribution in [2.24, 2.45) is 0 Å². The third kappa shape index (κ3) is 5.68. The van der Waals surface area contributed by atoms with Crippen LogP contribution in [-0.2, 0) is 0 Å². The number of rotatable bonds is 1. The van der Waals surface area contributed by atoms with Crippen LogP contribution in [0.15, 0.2) is 54.6 Å². The number of nitrogens with two attached hydrogens (primary N) is 2. The summed E-state index contributed by atoms with van der Waals surface area (Å²) in [6, 6.07) is 16.7. The minimum atomic E-state index is 0.658. The highest BCUT2D eigenvalue weighted by atomic mass is 127. The molecule has 3 aromatic carbocycles. The Labute approximate surface area is 176 Å². The van der Waals surface area contributed by atoms with E-state index in [1.165, 1.54) is 0 Å². The lowest BCUT2D eigenvalue weighted by Gasteiger charge is -2.09. The predicted molar refractivity (Wildman–Crippen MR) is 120 cm³/mol. The number of anilines is 2. The third-order valence-electron chi connectivity index (χ3n) is 3.42. The predicted octanol–water partition coefficient (Wildman–Crippen LogP) is 7.08. The Morgan fingerprint density at radius 1 is 0.720 bits per heavy atom.